The fourth-order valence-electron chi connectivity index (χ4n) is 1.63. The van der Waals surface area contributed by atoms with Gasteiger partial charge < -0.3 is 14.2 Å². The SMILES string of the molecule is Cc1ccncc1O[C@@H](C)C1COCCO1. The van der Waals surface area contributed by atoms with Crippen LogP contribution in [0, 0.1) is 6.92 Å². The third-order valence-corrected chi connectivity index (χ3v) is 2.67. The van der Waals surface area contributed by atoms with Crippen molar-refractivity contribution in [2.45, 2.75) is 26.1 Å². The lowest BCUT2D eigenvalue weighted by Crippen LogP contribution is -2.40. The number of aromatic nitrogens is 1. The Morgan fingerprint density at radius 2 is 2.38 bits per heavy atom. The van der Waals surface area contributed by atoms with Gasteiger partial charge in [0.05, 0.1) is 26.0 Å². The second-order valence-corrected chi connectivity index (χ2v) is 3.95. The molecular weight excluding hydrogens is 206 g/mol. The molecule has 16 heavy (non-hydrogen) atoms. The average molecular weight is 223 g/mol. The minimum absolute atomic E-state index is 0.00774. The highest BCUT2D eigenvalue weighted by Gasteiger charge is 2.23. The molecule has 0 aliphatic carbocycles. The molecule has 2 heterocycles. The molecule has 0 spiro atoms. The van der Waals surface area contributed by atoms with Crippen molar-refractivity contribution in [1.29, 1.82) is 0 Å². The number of rotatable bonds is 3. The highest BCUT2D eigenvalue weighted by Crippen LogP contribution is 2.19. The Hall–Kier alpha value is -1.13. The first kappa shape index (κ1) is 11.4. The van der Waals surface area contributed by atoms with E-state index in [9.17, 15) is 0 Å². The summed E-state index contributed by atoms with van der Waals surface area (Å²) >= 11 is 0. The van der Waals surface area contributed by atoms with E-state index in [4.69, 9.17) is 14.2 Å². The van der Waals surface area contributed by atoms with E-state index in [1.807, 2.05) is 19.9 Å². The number of pyridine rings is 1. The van der Waals surface area contributed by atoms with E-state index >= 15 is 0 Å². The van der Waals surface area contributed by atoms with Crippen LogP contribution in [0.4, 0.5) is 0 Å². The summed E-state index contributed by atoms with van der Waals surface area (Å²) in [6.45, 7) is 5.91. The maximum Gasteiger partial charge on any atom is 0.141 e. The van der Waals surface area contributed by atoms with E-state index in [0.29, 0.717) is 19.8 Å². The summed E-state index contributed by atoms with van der Waals surface area (Å²) in [5, 5.41) is 0. The number of hydrogen-bond donors (Lipinski definition) is 0. The van der Waals surface area contributed by atoms with Crippen molar-refractivity contribution in [3.63, 3.8) is 0 Å². The molecule has 1 unspecified atom stereocenters. The molecule has 1 aromatic rings. The molecule has 2 atom stereocenters. The topological polar surface area (TPSA) is 40.6 Å². The van der Waals surface area contributed by atoms with Gasteiger partial charge in [-0.1, -0.05) is 0 Å². The largest absolute Gasteiger partial charge is 0.486 e. The summed E-state index contributed by atoms with van der Waals surface area (Å²) in [5.41, 5.74) is 1.08. The van der Waals surface area contributed by atoms with E-state index in [1.165, 1.54) is 0 Å². The highest BCUT2D eigenvalue weighted by molar-refractivity contribution is 5.28. The molecule has 1 aliphatic heterocycles. The molecule has 1 saturated heterocycles. The molecule has 0 aromatic carbocycles. The van der Waals surface area contributed by atoms with Crippen LogP contribution in [0.2, 0.25) is 0 Å². The van der Waals surface area contributed by atoms with Crippen LogP contribution in [0.3, 0.4) is 0 Å². The summed E-state index contributed by atoms with van der Waals surface area (Å²) in [7, 11) is 0. The smallest absolute Gasteiger partial charge is 0.141 e. The maximum absolute atomic E-state index is 5.82. The first-order valence-electron chi connectivity index (χ1n) is 5.54. The standard InChI is InChI=1S/C12H17NO3/c1-9-3-4-13-7-11(9)16-10(2)12-8-14-5-6-15-12/h3-4,7,10,12H,5-6,8H2,1-2H3/t10-,12?/m0/s1. The van der Waals surface area contributed by atoms with Crippen LogP contribution in [-0.4, -0.2) is 37.0 Å². The molecule has 4 nitrogen and oxygen atoms in total. The van der Waals surface area contributed by atoms with Gasteiger partial charge in [-0.15, -0.1) is 0 Å². The van der Waals surface area contributed by atoms with Gasteiger partial charge in [0.15, 0.2) is 0 Å². The van der Waals surface area contributed by atoms with Gasteiger partial charge in [-0.05, 0) is 25.5 Å². The molecule has 4 heteroatoms. The lowest BCUT2D eigenvalue weighted by Gasteiger charge is -2.28. The summed E-state index contributed by atoms with van der Waals surface area (Å²) in [5.74, 6) is 0.809. The predicted molar refractivity (Wildman–Crippen MR) is 59.6 cm³/mol. The van der Waals surface area contributed by atoms with Gasteiger partial charge in [0.25, 0.3) is 0 Å². The van der Waals surface area contributed by atoms with Crippen molar-refractivity contribution in [3.05, 3.63) is 24.0 Å². The van der Waals surface area contributed by atoms with E-state index in [0.717, 1.165) is 11.3 Å². The van der Waals surface area contributed by atoms with Gasteiger partial charge in [0.2, 0.25) is 0 Å². The third-order valence-electron chi connectivity index (χ3n) is 2.67. The number of hydrogen-bond acceptors (Lipinski definition) is 4. The Bertz CT molecular complexity index is 337. The van der Waals surface area contributed by atoms with Crippen LogP contribution < -0.4 is 4.74 Å². The van der Waals surface area contributed by atoms with E-state index in [-0.39, 0.29) is 12.2 Å². The van der Waals surface area contributed by atoms with Crippen molar-refractivity contribution in [2.24, 2.45) is 0 Å². The van der Waals surface area contributed by atoms with Gasteiger partial charge in [-0.25, -0.2) is 0 Å². The number of nitrogens with zero attached hydrogens (tertiary/aromatic N) is 1. The summed E-state index contributed by atoms with van der Waals surface area (Å²) < 4.78 is 16.7. The van der Waals surface area contributed by atoms with Gasteiger partial charge in [-0.2, -0.15) is 0 Å². The number of aryl methyl sites for hydroxylation is 1. The van der Waals surface area contributed by atoms with Crippen molar-refractivity contribution >= 4 is 0 Å². The summed E-state index contributed by atoms with van der Waals surface area (Å²) in [6.07, 6.45) is 3.47. The maximum atomic E-state index is 5.82. The molecule has 1 fully saturated rings. The Morgan fingerprint density at radius 1 is 1.50 bits per heavy atom. The second-order valence-electron chi connectivity index (χ2n) is 3.95. The predicted octanol–water partition coefficient (Wildman–Crippen LogP) is 1.57. The Balaban J connectivity index is 1.96. The molecule has 0 radical (unpaired) electrons. The van der Waals surface area contributed by atoms with Crippen molar-refractivity contribution < 1.29 is 14.2 Å². The lowest BCUT2D eigenvalue weighted by atomic mass is 10.2. The summed E-state index contributed by atoms with van der Waals surface area (Å²) in [4.78, 5) is 4.05. The fourth-order valence-corrected chi connectivity index (χ4v) is 1.63. The molecule has 0 bridgehead atoms. The van der Waals surface area contributed by atoms with Gasteiger partial charge in [-0.3, -0.25) is 4.98 Å². The Morgan fingerprint density at radius 3 is 3.06 bits per heavy atom. The first-order chi connectivity index (χ1) is 7.77. The van der Waals surface area contributed by atoms with Gasteiger partial charge in [0.1, 0.15) is 18.0 Å². The van der Waals surface area contributed by atoms with E-state index in [2.05, 4.69) is 4.98 Å². The van der Waals surface area contributed by atoms with Crippen LogP contribution in [0.5, 0.6) is 5.75 Å². The number of ether oxygens (including phenoxy) is 3. The lowest BCUT2D eigenvalue weighted by molar-refractivity contribution is -0.122. The van der Waals surface area contributed by atoms with E-state index in [1.54, 1.807) is 12.4 Å². The zero-order chi connectivity index (χ0) is 11.4. The molecule has 2 rings (SSSR count). The minimum Gasteiger partial charge on any atom is -0.486 e. The van der Waals surface area contributed by atoms with Crippen LogP contribution in [0.25, 0.3) is 0 Å². The Labute approximate surface area is 95.5 Å². The molecule has 1 aliphatic rings. The molecule has 0 saturated carbocycles. The minimum atomic E-state index is -0.0248. The van der Waals surface area contributed by atoms with Crippen molar-refractivity contribution in [1.82, 2.24) is 4.98 Å². The monoisotopic (exact) mass is 223 g/mol. The Kier molecular flexibility index (Phi) is 3.74. The van der Waals surface area contributed by atoms with Gasteiger partial charge >= 0.3 is 0 Å². The molecule has 88 valence electrons. The van der Waals surface area contributed by atoms with Crippen LogP contribution in [-0.2, 0) is 9.47 Å². The van der Waals surface area contributed by atoms with Crippen molar-refractivity contribution in [3.8, 4) is 5.75 Å². The third kappa shape index (κ3) is 2.71. The zero-order valence-corrected chi connectivity index (χ0v) is 9.68. The van der Waals surface area contributed by atoms with Crippen LogP contribution in [0.1, 0.15) is 12.5 Å². The van der Waals surface area contributed by atoms with Crippen LogP contribution >= 0.6 is 0 Å². The quantitative estimate of drug-likeness (QED) is 0.780. The summed E-state index contributed by atoms with van der Waals surface area (Å²) in [6, 6.07) is 1.93. The molecular formula is C12H17NO3. The normalized spacial score (nSPS) is 22.8. The molecule has 1 aromatic heterocycles. The highest BCUT2D eigenvalue weighted by atomic mass is 16.6. The molecule has 0 N–H and O–H groups in total. The first-order valence-corrected chi connectivity index (χ1v) is 5.54. The van der Waals surface area contributed by atoms with Crippen LogP contribution in [0.15, 0.2) is 18.5 Å². The van der Waals surface area contributed by atoms with E-state index < -0.39 is 0 Å². The average Bonchev–Trinajstić information content (AvgIpc) is 2.33. The van der Waals surface area contributed by atoms with Crippen molar-refractivity contribution in [2.75, 3.05) is 19.8 Å². The zero-order valence-electron chi connectivity index (χ0n) is 9.68. The fraction of sp³-hybridized carbons (Fsp3) is 0.583. The molecule has 0 amide bonds. The second kappa shape index (κ2) is 5.27. The van der Waals surface area contributed by atoms with Gasteiger partial charge in [0, 0.05) is 6.20 Å².